The SMILES string of the molecule is CCC(O)C(=O)O.CCCC(=O)O.[KH].[KH]. The second kappa shape index (κ2) is 18.5. The zero-order chi connectivity index (χ0) is 10.9. The molecule has 0 aliphatic rings. The van der Waals surface area contributed by atoms with Gasteiger partial charge in [0, 0.05) is 6.42 Å². The van der Waals surface area contributed by atoms with Crippen LogP contribution in [0.15, 0.2) is 0 Å². The monoisotopic (exact) mass is 272 g/mol. The van der Waals surface area contributed by atoms with Crippen LogP contribution in [-0.4, -0.2) is 136 Å². The normalized spacial score (nSPS) is 9.53. The summed E-state index contributed by atoms with van der Waals surface area (Å²) in [6, 6.07) is 0. The third kappa shape index (κ3) is 26.0. The molecule has 1 atom stereocenters. The molecule has 0 heterocycles. The van der Waals surface area contributed by atoms with Crippen LogP contribution in [0.4, 0.5) is 0 Å². The third-order valence-electron chi connectivity index (χ3n) is 1.14. The van der Waals surface area contributed by atoms with Crippen molar-refractivity contribution in [1.82, 2.24) is 0 Å². The first kappa shape index (κ1) is 25.9. The fourth-order valence-corrected chi connectivity index (χ4v) is 0.388. The number of aliphatic hydroxyl groups is 1. The molecule has 0 aliphatic carbocycles. The van der Waals surface area contributed by atoms with E-state index in [0.29, 0.717) is 6.42 Å². The van der Waals surface area contributed by atoms with E-state index in [9.17, 15) is 9.59 Å². The first-order valence-electron chi connectivity index (χ1n) is 4.08. The average Bonchev–Trinajstić information content (AvgIpc) is 2.03. The Morgan fingerprint density at radius 2 is 1.53 bits per heavy atom. The summed E-state index contributed by atoms with van der Waals surface area (Å²) in [6.45, 7) is 3.45. The van der Waals surface area contributed by atoms with Gasteiger partial charge in [-0.2, -0.15) is 0 Å². The van der Waals surface area contributed by atoms with Crippen molar-refractivity contribution < 1.29 is 24.9 Å². The molecule has 1 unspecified atom stereocenters. The Balaban J connectivity index is -0.0000000718. The van der Waals surface area contributed by atoms with Gasteiger partial charge in [0.15, 0.2) is 6.10 Å². The summed E-state index contributed by atoms with van der Waals surface area (Å²) in [4.78, 5) is 19.3. The van der Waals surface area contributed by atoms with Gasteiger partial charge in [0.05, 0.1) is 0 Å². The molecule has 0 radical (unpaired) electrons. The van der Waals surface area contributed by atoms with E-state index in [1.54, 1.807) is 6.92 Å². The second-order valence-electron chi connectivity index (χ2n) is 2.41. The number of hydrogen-bond donors (Lipinski definition) is 3. The Morgan fingerprint density at radius 1 is 1.13 bits per heavy atom. The number of aliphatic hydroxyl groups excluding tert-OH is 1. The Morgan fingerprint density at radius 3 is 1.53 bits per heavy atom. The van der Waals surface area contributed by atoms with Crippen molar-refractivity contribution in [2.45, 2.75) is 39.2 Å². The molecule has 0 rings (SSSR count). The molecule has 0 aliphatic heterocycles. The summed E-state index contributed by atoms with van der Waals surface area (Å²) >= 11 is 0. The number of carboxylic acids is 2. The minimum atomic E-state index is -1.18. The van der Waals surface area contributed by atoms with Crippen LogP contribution in [0.2, 0.25) is 0 Å². The molecule has 7 heteroatoms. The van der Waals surface area contributed by atoms with Gasteiger partial charge in [-0.1, -0.05) is 13.8 Å². The molecular formula is C8H18K2O5. The number of carboxylic acid groups (broad SMARTS) is 2. The van der Waals surface area contributed by atoms with Gasteiger partial charge >= 0.3 is 115 Å². The Bertz CT molecular complexity index is 163. The van der Waals surface area contributed by atoms with Crippen LogP contribution < -0.4 is 0 Å². The molecule has 0 bridgehead atoms. The summed E-state index contributed by atoms with van der Waals surface area (Å²) in [7, 11) is 0. The van der Waals surface area contributed by atoms with E-state index in [0.717, 1.165) is 6.42 Å². The fourth-order valence-electron chi connectivity index (χ4n) is 0.388. The van der Waals surface area contributed by atoms with Crippen molar-refractivity contribution in [3.05, 3.63) is 0 Å². The Kier molecular flexibility index (Phi) is 32.0. The van der Waals surface area contributed by atoms with E-state index in [1.807, 2.05) is 6.92 Å². The van der Waals surface area contributed by atoms with Crippen molar-refractivity contribution in [2.24, 2.45) is 0 Å². The third-order valence-corrected chi connectivity index (χ3v) is 1.14. The van der Waals surface area contributed by atoms with E-state index in [-0.39, 0.29) is 109 Å². The van der Waals surface area contributed by atoms with Crippen molar-refractivity contribution in [3.63, 3.8) is 0 Å². The first-order valence-corrected chi connectivity index (χ1v) is 4.08. The molecule has 0 fully saturated rings. The molecule has 3 N–H and O–H groups in total. The van der Waals surface area contributed by atoms with Gasteiger partial charge in [-0.15, -0.1) is 0 Å². The number of carbonyl (C=O) groups is 2. The van der Waals surface area contributed by atoms with Crippen LogP contribution in [0.25, 0.3) is 0 Å². The summed E-state index contributed by atoms with van der Waals surface area (Å²) in [5, 5.41) is 24.2. The quantitative estimate of drug-likeness (QED) is 0.595. The van der Waals surface area contributed by atoms with Gasteiger partial charge in [-0.25, -0.2) is 4.79 Å². The second-order valence-corrected chi connectivity index (χ2v) is 2.41. The minimum absolute atomic E-state index is 0. The van der Waals surface area contributed by atoms with E-state index in [1.165, 1.54) is 0 Å². The van der Waals surface area contributed by atoms with E-state index < -0.39 is 18.0 Å². The van der Waals surface area contributed by atoms with E-state index in [2.05, 4.69) is 0 Å². The predicted octanol–water partition coefficient (Wildman–Crippen LogP) is -0.584. The molecule has 82 valence electrons. The van der Waals surface area contributed by atoms with E-state index >= 15 is 0 Å². The van der Waals surface area contributed by atoms with Crippen molar-refractivity contribution in [2.75, 3.05) is 0 Å². The molecular weight excluding hydrogens is 254 g/mol. The molecule has 0 aromatic heterocycles. The molecule has 0 amide bonds. The van der Waals surface area contributed by atoms with Crippen molar-refractivity contribution >= 4 is 115 Å². The van der Waals surface area contributed by atoms with Gasteiger partial charge in [-0.05, 0) is 12.8 Å². The summed E-state index contributed by atoms with van der Waals surface area (Å²) in [5.74, 6) is -1.86. The zero-order valence-electron chi connectivity index (χ0n) is 7.86. The number of rotatable bonds is 4. The van der Waals surface area contributed by atoms with Crippen LogP contribution in [0.3, 0.4) is 0 Å². The van der Waals surface area contributed by atoms with Crippen LogP contribution in [0.5, 0.6) is 0 Å². The fraction of sp³-hybridized carbons (Fsp3) is 0.750. The van der Waals surface area contributed by atoms with E-state index in [4.69, 9.17) is 15.3 Å². The topological polar surface area (TPSA) is 94.8 Å². The van der Waals surface area contributed by atoms with Crippen LogP contribution in [-0.2, 0) is 9.59 Å². The first-order chi connectivity index (χ1) is 5.95. The molecule has 15 heavy (non-hydrogen) atoms. The predicted molar refractivity (Wildman–Crippen MR) is 60.8 cm³/mol. The van der Waals surface area contributed by atoms with Gasteiger partial charge in [0.25, 0.3) is 0 Å². The van der Waals surface area contributed by atoms with Gasteiger partial charge in [-0.3, -0.25) is 4.79 Å². The summed E-state index contributed by atoms with van der Waals surface area (Å²) < 4.78 is 0. The molecule has 0 aromatic carbocycles. The number of hydrogen-bond acceptors (Lipinski definition) is 3. The van der Waals surface area contributed by atoms with Crippen molar-refractivity contribution in [3.8, 4) is 0 Å². The summed E-state index contributed by atoms with van der Waals surface area (Å²) in [5.41, 5.74) is 0. The number of aliphatic carboxylic acids is 2. The maximum absolute atomic E-state index is 9.68. The Hall–Kier alpha value is 2.17. The summed E-state index contributed by atoms with van der Waals surface area (Å²) in [6.07, 6.45) is 0.116. The average molecular weight is 272 g/mol. The molecule has 0 saturated heterocycles. The molecule has 0 saturated carbocycles. The van der Waals surface area contributed by atoms with Crippen LogP contribution in [0, 0.1) is 0 Å². The standard InChI is InChI=1S/C4H8O3.C4H8O2.2K.2H/c1-2-3(5)4(6)7;1-2-3-4(5)6;;;;/h3,5H,2H2,1H3,(H,6,7);2-3H2,1H3,(H,5,6);;;;. The van der Waals surface area contributed by atoms with Crippen LogP contribution >= 0.6 is 0 Å². The molecule has 0 spiro atoms. The zero-order valence-corrected chi connectivity index (χ0v) is 7.86. The van der Waals surface area contributed by atoms with Crippen LogP contribution in [0.1, 0.15) is 33.1 Å². The molecule has 5 nitrogen and oxygen atoms in total. The van der Waals surface area contributed by atoms with Crippen molar-refractivity contribution in [1.29, 1.82) is 0 Å². The van der Waals surface area contributed by atoms with Gasteiger partial charge in [0.1, 0.15) is 0 Å². The van der Waals surface area contributed by atoms with Gasteiger partial charge in [0.2, 0.25) is 0 Å². The van der Waals surface area contributed by atoms with Gasteiger partial charge < -0.3 is 15.3 Å². The maximum atomic E-state index is 9.68. The Labute approximate surface area is 175 Å². The molecule has 0 aromatic rings.